The lowest BCUT2D eigenvalue weighted by molar-refractivity contribution is -0.132. The molecule has 0 fully saturated rings. The lowest BCUT2D eigenvalue weighted by Gasteiger charge is -2.26. The van der Waals surface area contributed by atoms with Crippen molar-refractivity contribution in [2.75, 3.05) is 0 Å². The number of allylic oxidation sites excluding steroid dienone is 1. The third-order valence-corrected chi connectivity index (χ3v) is 5.90. The van der Waals surface area contributed by atoms with Gasteiger partial charge in [-0.15, -0.1) is 0 Å². The lowest BCUT2D eigenvalue weighted by Crippen LogP contribution is -2.45. The predicted octanol–water partition coefficient (Wildman–Crippen LogP) is -0.685. The Hall–Kier alpha value is -1.43. The van der Waals surface area contributed by atoms with Crippen LogP contribution in [-0.2, 0) is 25.0 Å². The Morgan fingerprint density at radius 3 is 1.94 bits per heavy atom. The fourth-order valence-electron chi connectivity index (χ4n) is 1.37. The largest absolute Gasteiger partial charge is 0.507 e. The molecule has 9 nitrogen and oxygen atoms in total. The number of carbonyl (C=O) groups is 1. The van der Waals surface area contributed by atoms with E-state index in [1.54, 1.807) is 0 Å². The van der Waals surface area contributed by atoms with Crippen molar-refractivity contribution in [3.8, 4) is 0 Å². The Bertz CT molecular complexity index is 617. The van der Waals surface area contributed by atoms with E-state index in [9.17, 15) is 21.6 Å². The van der Waals surface area contributed by atoms with Crippen LogP contribution in [0.25, 0.3) is 0 Å². The normalized spacial score (nSPS) is 19.9. The second kappa shape index (κ2) is 4.05. The summed E-state index contributed by atoms with van der Waals surface area (Å²) in [4.78, 5) is 10.7. The third kappa shape index (κ3) is 2.12. The van der Waals surface area contributed by atoms with Crippen LogP contribution in [-0.4, -0.2) is 46.2 Å². The van der Waals surface area contributed by atoms with Gasteiger partial charge in [-0.05, 0) is 12.2 Å². The third-order valence-electron chi connectivity index (χ3n) is 2.32. The van der Waals surface area contributed by atoms with E-state index in [1.807, 2.05) is 0 Å². The Labute approximate surface area is 102 Å². The minimum atomic E-state index is -5.37. The minimum Gasteiger partial charge on any atom is -0.507 e. The van der Waals surface area contributed by atoms with E-state index in [0.717, 1.165) is 0 Å². The molecule has 0 aromatic rings. The molecule has 0 saturated heterocycles. The Balaban J connectivity index is 3.69. The van der Waals surface area contributed by atoms with Crippen LogP contribution in [0.1, 0.15) is 6.42 Å². The van der Waals surface area contributed by atoms with Crippen LogP contribution in [0.5, 0.6) is 0 Å². The molecule has 0 unspecified atom stereocenters. The maximum absolute atomic E-state index is 11.1. The van der Waals surface area contributed by atoms with Crippen LogP contribution < -0.4 is 0 Å². The number of aliphatic hydroxyl groups is 1. The molecule has 4 N–H and O–H groups in total. The van der Waals surface area contributed by atoms with Gasteiger partial charge in [-0.2, -0.15) is 16.8 Å². The van der Waals surface area contributed by atoms with Crippen molar-refractivity contribution in [2.45, 2.75) is 10.5 Å². The molecule has 0 heterocycles. The molecular formula is C7H8O9S2. The number of aliphatic hydroxyl groups excluding tert-OH is 1. The van der Waals surface area contributed by atoms with Crippen LogP contribution >= 0.6 is 0 Å². The molecular weight excluding hydrogens is 292 g/mol. The quantitative estimate of drug-likeness (QED) is 0.493. The van der Waals surface area contributed by atoms with Gasteiger partial charge in [0.05, 0.1) is 5.57 Å². The summed E-state index contributed by atoms with van der Waals surface area (Å²) in [5.41, 5.74) is -1.06. The summed E-state index contributed by atoms with van der Waals surface area (Å²) in [6.45, 7) is 0. The van der Waals surface area contributed by atoms with Crippen molar-refractivity contribution in [3.63, 3.8) is 0 Å². The van der Waals surface area contributed by atoms with E-state index >= 15 is 0 Å². The van der Waals surface area contributed by atoms with E-state index in [1.165, 1.54) is 0 Å². The van der Waals surface area contributed by atoms with E-state index in [2.05, 4.69) is 0 Å². The molecule has 0 aliphatic heterocycles. The Morgan fingerprint density at radius 1 is 1.17 bits per heavy atom. The maximum atomic E-state index is 11.1. The summed E-state index contributed by atoms with van der Waals surface area (Å²) < 4.78 is 59.0. The van der Waals surface area contributed by atoms with Crippen molar-refractivity contribution in [1.82, 2.24) is 0 Å². The van der Waals surface area contributed by atoms with Crippen molar-refractivity contribution in [3.05, 3.63) is 23.5 Å². The Morgan fingerprint density at radius 2 is 1.61 bits per heavy atom. The molecule has 0 radical (unpaired) electrons. The summed E-state index contributed by atoms with van der Waals surface area (Å²) in [5, 5.41) is 17.8. The lowest BCUT2D eigenvalue weighted by atomic mass is 10.0. The highest BCUT2D eigenvalue weighted by Crippen LogP contribution is 2.35. The molecule has 0 spiro atoms. The highest BCUT2D eigenvalue weighted by Gasteiger charge is 2.54. The van der Waals surface area contributed by atoms with Crippen LogP contribution in [0.3, 0.4) is 0 Å². The summed E-state index contributed by atoms with van der Waals surface area (Å²) in [6.07, 6.45) is -0.381. The van der Waals surface area contributed by atoms with Gasteiger partial charge in [0.2, 0.25) is 4.08 Å². The van der Waals surface area contributed by atoms with Gasteiger partial charge in [0, 0.05) is 6.42 Å². The number of carboxylic acids is 1. The van der Waals surface area contributed by atoms with Crippen LogP contribution in [0, 0.1) is 0 Å². The number of rotatable bonds is 3. The molecule has 0 atom stereocenters. The summed E-state index contributed by atoms with van der Waals surface area (Å²) in [5.74, 6) is -2.69. The standard InChI is InChI=1S/C7H8O9S2/c8-5-1-2-7(17(11,12)13,18(14,15)16)3-4(5)6(9)10/h1,3,8H,2H2,(H,9,10)(H,11,12,13)(H,14,15,16). The van der Waals surface area contributed by atoms with Crippen LogP contribution in [0.4, 0.5) is 0 Å². The van der Waals surface area contributed by atoms with E-state index < -0.39 is 48.0 Å². The molecule has 102 valence electrons. The zero-order valence-corrected chi connectivity index (χ0v) is 10.1. The first-order valence-corrected chi connectivity index (χ1v) is 7.10. The molecule has 11 heteroatoms. The first kappa shape index (κ1) is 14.6. The van der Waals surface area contributed by atoms with Gasteiger partial charge in [0.25, 0.3) is 20.2 Å². The van der Waals surface area contributed by atoms with Crippen molar-refractivity contribution >= 4 is 26.2 Å². The van der Waals surface area contributed by atoms with E-state index in [-0.39, 0.29) is 6.08 Å². The summed E-state index contributed by atoms with van der Waals surface area (Å²) in [7, 11) is -10.7. The summed E-state index contributed by atoms with van der Waals surface area (Å²) >= 11 is 0. The van der Waals surface area contributed by atoms with Gasteiger partial charge < -0.3 is 10.2 Å². The predicted molar refractivity (Wildman–Crippen MR) is 56.9 cm³/mol. The smallest absolute Gasteiger partial charge is 0.339 e. The van der Waals surface area contributed by atoms with Gasteiger partial charge in [-0.25, -0.2) is 4.79 Å². The Kier molecular flexibility index (Phi) is 3.29. The maximum Gasteiger partial charge on any atom is 0.339 e. The first-order chi connectivity index (χ1) is 7.92. The molecule has 1 aliphatic rings. The fraction of sp³-hybridized carbons (Fsp3) is 0.286. The second-order valence-electron chi connectivity index (χ2n) is 3.42. The van der Waals surface area contributed by atoms with Crippen molar-refractivity contribution in [2.24, 2.45) is 0 Å². The molecule has 0 amide bonds. The molecule has 0 aromatic carbocycles. The topological polar surface area (TPSA) is 166 Å². The van der Waals surface area contributed by atoms with Crippen molar-refractivity contribution < 1.29 is 40.9 Å². The molecule has 18 heavy (non-hydrogen) atoms. The molecule has 0 aromatic heterocycles. The second-order valence-corrected chi connectivity index (χ2v) is 7.03. The zero-order chi connectivity index (χ0) is 14.4. The highest BCUT2D eigenvalue weighted by atomic mass is 32.3. The van der Waals surface area contributed by atoms with E-state index in [0.29, 0.717) is 6.08 Å². The average Bonchev–Trinajstić information content (AvgIpc) is 2.13. The number of carboxylic acid groups (broad SMARTS) is 1. The molecule has 0 bridgehead atoms. The van der Waals surface area contributed by atoms with E-state index in [4.69, 9.17) is 19.3 Å². The van der Waals surface area contributed by atoms with Crippen LogP contribution in [0.15, 0.2) is 23.5 Å². The summed E-state index contributed by atoms with van der Waals surface area (Å²) in [6, 6.07) is 0. The SMILES string of the molecule is O=C(O)C1=CC(S(=O)(=O)O)(S(=O)(=O)O)CC=C1O. The van der Waals surface area contributed by atoms with Gasteiger partial charge in [-0.3, -0.25) is 9.11 Å². The molecule has 0 saturated carbocycles. The number of aliphatic carboxylic acids is 1. The monoisotopic (exact) mass is 300 g/mol. The zero-order valence-electron chi connectivity index (χ0n) is 8.51. The van der Waals surface area contributed by atoms with Gasteiger partial charge in [-0.1, -0.05) is 0 Å². The van der Waals surface area contributed by atoms with Gasteiger partial charge >= 0.3 is 5.97 Å². The average molecular weight is 300 g/mol. The number of hydrogen-bond donors (Lipinski definition) is 4. The molecule has 1 aliphatic carbocycles. The molecule has 1 rings (SSSR count). The fourth-order valence-corrected chi connectivity index (χ4v) is 3.55. The van der Waals surface area contributed by atoms with Gasteiger partial charge in [0.15, 0.2) is 0 Å². The highest BCUT2D eigenvalue weighted by molar-refractivity contribution is 8.05. The van der Waals surface area contributed by atoms with Crippen molar-refractivity contribution in [1.29, 1.82) is 0 Å². The minimum absolute atomic E-state index is 0.0787. The number of hydrogen-bond acceptors (Lipinski definition) is 6. The first-order valence-electron chi connectivity index (χ1n) is 4.22. The van der Waals surface area contributed by atoms with Crippen LogP contribution in [0.2, 0.25) is 0 Å². The van der Waals surface area contributed by atoms with Gasteiger partial charge in [0.1, 0.15) is 5.76 Å².